The summed E-state index contributed by atoms with van der Waals surface area (Å²) in [4.78, 5) is 10.1. The molecule has 0 aliphatic carbocycles. The van der Waals surface area contributed by atoms with Crippen molar-refractivity contribution in [1.29, 1.82) is 0 Å². The Kier molecular flexibility index (Phi) is 10.1. The van der Waals surface area contributed by atoms with Crippen molar-refractivity contribution in [3.05, 3.63) is 73.0 Å². The number of likely N-dealkylation sites (tertiary alicyclic amines) is 1. The quantitative estimate of drug-likeness (QED) is 0.190. The van der Waals surface area contributed by atoms with Gasteiger partial charge in [-0.15, -0.1) is 0 Å². The van der Waals surface area contributed by atoms with E-state index in [-0.39, 0.29) is 36.5 Å². The molecule has 227 valence electrons. The first-order valence-corrected chi connectivity index (χ1v) is 15.3. The molecule has 1 aromatic heterocycles. The van der Waals surface area contributed by atoms with Gasteiger partial charge in [-0.05, 0) is 44.5 Å². The standard InChI is InChI=1S/C27H31F4N6OS.CH3.Co/c1-26(2,3)39(38)36-20-7-5-6-18(14-20)33-24-22(27(29,30)31)16-32-25(35-24)34-19-8-9-21(23(28)15-19)17-10-12-37(4)13-11-17;;/h5-6,8-9,14-17,36H,10-13H2,1-4H3,(H2,32,33,34,35);1H3;/q2*-1;. The van der Waals surface area contributed by atoms with E-state index in [0.29, 0.717) is 17.4 Å². The normalized spacial score (nSPS) is 16.4. The zero-order valence-electron chi connectivity index (χ0n) is 23.5. The number of piperidine rings is 1. The summed E-state index contributed by atoms with van der Waals surface area (Å²) in [6.45, 7) is 7.01. The average molecular weight is 638 g/mol. The number of nitrogens with zero attached hydrogens (tertiary/aromatic N) is 3. The van der Waals surface area contributed by atoms with Crippen LogP contribution in [0.1, 0.15) is 50.7 Å². The zero-order chi connectivity index (χ0) is 29.3. The summed E-state index contributed by atoms with van der Waals surface area (Å²) in [6, 6.07) is 11.9. The van der Waals surface area contributed by atoms with Crippen molar-refractivity contribution in [3.8, 4) is 0 Å². The second-order valence-electron chi connectivity index (χ2n) is 10.7. The van der Waals surface area contributed by atoms with Gasteiger partial charge in [-0.1, -0.05) is 6.07 Å². The maximum absolute atomic E-state index is 15.0. The van der Waals surface area contributed by atoms with Crippen LogP contribution in [0, 0.1) is 19.3 Å². The van der Waals surface area contributed by atoms with Crippen molar-refractivity contribution < 1.29 is 35.9 Å². The molecule has 1 saturated heterocycles. The SMILES string of the molecule is CN1CCC(c2ccc(Nc3ncc(C(F)(F)F)c(Nc4cc[c-]c(N[S](=O)(=[Co])C(C)(C)C)c4)n3)cc2F)CC1.[CH3-]. The van der Waals surface area contributed by atoms with Gasteiger partial charge in [-0.2, -0.15) is 0 Å². The third kappa shape index (κ3) is 8.18. The first-order chi connectivity index (χ1) is 18.6. The van der Waals surface area contributed by atoms with Crippen molar-refractivity contribution in [2.24, 2.45) is 0 Å². The summed E-state index contributed by atoms with van der Waals surface area (Å²) < 4.78 is 71.3. The Hall–Kier alpha value is -2.74. The molecule has 3 aromatic rings. The Balaban J connectivity index is 0.00000462. The van der Waals surface area contributed by atoms with Gasteiger partial charge in [-0.3, -0.25) is 0 Å². The van der Waals surface area contributed by atoms with Crippen LogP contribution in [0.25, 0.3) is 0 Å². The third-order valence-electron chi connectivity index (χ3n) is 6.57. The summed E-state index contributed by atoms with van der Waals surface area (Å²) in [5, 5.41) is 5.47. The first kappa shape index (κ1) is 32.8. The predicted molar refractivity (Wildman–Crippen MR) is 153 cm³/mol. The first-order valence-electron chi connectivity index (χ1n) is 12.6. The van der Waals surface area contributed by atoms with Crippen LogP contribution < -0.4 is 15.4 Å². The smallest absolute Gasteiger partial charge is 0.358 e. The van der Waals surface area contributed by atoms with Gasteiger partial charge in [0, 0.05) is 0 Å². The fourth-order valence-corrected chi connectivity index (χ4v) is 5.20. The molecule has 2 heterocycles. The number of hydrogen-bond acceptors (Lipinski definition) is 6. The van der Waals surface area contributed by atoms with E-state index in [1.165, 1.54) is 24.3 Å². The molecular formula is C28H34CoF4N6OS-2. The monoisotopic (exact) mass is 637 g/mol. The van der Waals surface area contributed by atoms with Gasteiger partial charge in [0.2, 0.25) is 0 Å². The molecule has 1 unspecified atom stereocenters. The molecule has 0 amide bonds. The number of halogens is 4. The van der Waals surface area contributed by atoms with Gasteiger partial charge in [0.05, 0.1) is 0 Å². The van der Waals surface area contributed by atoms with Crippen LogP contribution in [-0.2, 0) is 28.4 Å². The van der Waals surface area contributed by atoms with Crippen molar-refractivity contribution in [2.75, 3.05) is 35.5 Å². The van der Waals surface area contributed by atoms with E-state index in [1.54, 1.807) is 32.9 Å². The molecule has 41 heavy (non-hydrogen) atoms. The van der Waals surface area contributed by atoms with Gasteiger partial charge in [-0.25, -0.2) is 4.39 Å². The van der Waals surface area contributed by atoms with Crippen molar-refractivity contribution >= 4 is 36.9 Å². The minimum atomic E-state index is -4.74. The van der Waals surface area contributed by atoms with Crippen LogP contribution in [0.4, 0.5) is 46.4 Å². The molecule has 0 spiro atoms. The van der Waals surface area contributed by atoms with Crippen LogP contribution >= 0.6 is 0 Å². The fraction of sp³-hybridized carbons (Fsp3) is 0.393. The number of anilines is 5. The maximum atomic E-state index is 15.0. The molecule has 3 N–H and O–H groups in total. The minimum absolute atomic E-state index is 0. The van der Waals surface area contributed by atoms with Gasteiger partial charge in [0.25, 0.3) is 0 Å². The number of alkyl halides is 3. The molecular weight excluding hydrogens is 603 g/mol. The van der Waals surface area contributed by atoms with E-state index in [0.717, 1.165) is 25.9 Å². The van der Waals surface area contributed by atoms with Crippen LogP contribution in [0.5, 0.6) is 0 Å². The summed E-state index contributed by atoms with van der Waals surface area (Å²) in [6.07, 6.45) is -2.37. The summed E-state index contributed by atoms with van der Waals surface area (Å²) in [7, 11) is -0.816. The number of rotatable bonds is 7. The molecule has 0 radical (unpaired) electrons. The molecule has 1 atom stereocenters. The molecule has 0 bridgehead atoms. The molecule has 4 rings (SSSR count). The zero-order valence-corrected chi connectivity index (χ0v) is 25.3. The van der Waals surface area contributed by atoms with Gasteiger partial charge >= 0.3 is 174 Å². The molecule has 7 nitrogen and oxygen atoms in total. The summed E-state index contributed by atoms with van der Waals surface area (Å²) >= 11 is 4.30. The van der Waals surface area contributed by atoms with Crippen molar-refractivity contribution in [1.82, 2.24) is 14.9 Å². The van der Waals surface area contributed by atoms with E-state index in [4.69, 9.17) is 0 Å². The molecule has 2 aromatic carbocycles. The summed E-state index contributed by atoms with van der Waals surface area (Å²) in [5.41, 5.74) is 0.361. The Morgan fingerprint density at radius 1 is 1.07 bits per heavy atom. The number of nitrogens with one attached hydrogen (secondary N) is 3. The van der Waals surface area contributed by atoms with E-state index >= 15 is 0 Å². The van der Waals surface area contributed by atoms with Crippen molar-refractivity contribution in [2.45, 2.75) is 50.5 Å². The molecule has 1 fully saturated rings. The van der Waals surface area contributed by atoms with E-state index < -0.39 is 30.4 Å². The van der Waals surface area contributed by atoms with Crippen molar-refractivity contribution in [3.63, 3.8) is 0 Å². The Bertz CT molecular complexity index is 1470. The Labute approximate surface area is 246 Å². The van der Waals surface area contributed by atoms with Crippen LogP contribution in [0.2, 0.25) is 0 Å². The van der Waals surface area contributed by atoms with Gasteiger partial charge in [0.15, 0.2) is 0 Å². The molecule has 0 saturated carbocycles. The van der Waals surface area contributed by atoms with Crippen LogP contribution in [-0.4, -0.2) is 44.0 Å². The molecule has 1 aliphatic rings. The Morgan fingerprint density at radius 3 is 2.34 bits per heavy atom. The number of benzene rings is 2. The second-order valence-corrected chi connectivity index (χ2v) is 14.8. The van der Waals surface area contributed by atoms with E-state index in [2.05, 4.69) is 50.4 Å². The summed E-state index contributed by atoms with van der Waals surface area (Å²) in [5.74, 6) is -0.924. The molecule has 1 aliphatic heterocycles. The minimum Gasteiger partial charge on any atom is -0.358 e. The van der Waals surface area contributed by atoms with Gasteiger partial charge in [0.1, 0.15) is 5.82 Å². The van der Waals surface area contributed by atoms with Crippen LogP contribution in [0.15, 0.2) is 42.6 Å². The van der Waals surface area contributed by atoms with E-state index in [9.17, 15) is 21.8 Å². The fourth-order valence-electron chi connectivity index (χ4n) is 4.16. The third-order valence-corrected chi connectivity index (χ3v) is 10.8. The number of hydrogen-bond donors (Lipinski definition) is 3. The second kappa shape index (κ2) is 12.6. The number of aromatic nitrogens is 2. The van der Waals surface area contributed by atoms with E-state index in [1.807, 2.05) is 7.05 Å². The molecule has 13 heteroatoms. The predicted octanol–water partition coefficient (Wildman–Crippen LogP) is 7.05. The average Bonchev–Trinajstić information content (AvgIpc) is 2.83. The van der Waals surface area contributed by atoms with Crippen LogP contribution in [0.3, 0.4) is 0 Å². The Morgan fingerprint density at radius 2 is 1.73 bits per heavy atom. The van der Waals surface area contributed by atoms with Gasteiger partial charge < -0.3 is 12.3 Å². The topological polar surface area (TPSA) is 82.2 Å².